The predicted molar refractivity (Wildman–Crippen MR) is 104 cm³/mol. The minimum atomic E-state index is -3.77. The maximum absolute atomic E-state index is 12.7. The van der Waals surface area contributed by atoms with Crippen LogP contribution in [0, 0.1) is 20.8 Å². The first kappa shape index (κ1) is 20.1. The van der Waals surface area contributed by atoms with Gasteiger partial charge in [0.05, 0.1) is 10.9 Å². The van der Waals surface area contributed by atoms with Crippen LogP contribution in [0.25, 0.3) is 0 Å². The molecule has 1 amide bonds. The third kappa shape index (κ3) is 5.16. The molecular weight excluding hydrogens is 348 g/mol. The molecule has 140 valence electrons. The van der Waals surface area contributed by atoms with Crippen molar-refractivity contribution >= 4 is 15.9 Å². The Bertz CT molecular complexity index is 854. The molecule has 0 saturated carbocycles. The fraction of sp³-hybridized carbons (Fsp3) is 0.350. The van der Waals surface area contributed by atoms with Crippen molar-refractivity contribution in [3.8, 4) is 0 Å². The zero-order valence-electron chi connectivity index (χ0n) is 15.7. The predicted octanol–water partition coefficient (Wildman–Crippen LogP) is 2.64. The van der Waals surface area contributed by atoms with Gasteiger partial charge in [-0.3, -0.25) is 4.79 Å². The van der Waals surface area contributed by atoms with E-state index in [-0.39, 0.29) is 10.8 Å². The Morgan fingerprint density at radius 1 is 1.04 bits per heavy atom. The Hall–Kier alpha value is -2.18. The lowest BCUT2D eigenvalue weighted by Gasteiger charge is -2.17. The second-order valence-corrected chi connectivity index (χ2v) is 8.25. The highest BCUT2D eigenvalue weighted by molar-refractivity contribution is 7.89. The summed E-state index contributed by atoms with van der Waals surface area (Å²) < 4.78 is 27.9. The highest BCUT2D eigenvalue weighted by atomic mass is 32.2. The van der Waals surface area contributed by atoms with Crippen LogP contribution in [0.5, 0.6) is 0 Å². The number of hydrogen-bond acceptors (Lipinski definition) is 3. The molecule has 26 heavy (non-hydrogen) atoms. The van der Waals surface area contributed by atoms with Crippen LogP contribution >= 0.6 is 0 Å². The van der Waals surface area contributed by atoms with Gasteiger partial charge < -0.3 is 5.32 Å². The van der Waals surface area contributed by atoms with E-state index in [0.717, 1.165) is 11.1 Å². The van der Waals surface area contributed by atoms with E-state index in [1.807, 2.05) is 49.4 Å². The molecule has 0 fully saturated rings. The summed E-state index contributed by atoms with van der Waals surface area (Å²) in [5.41, 5.74) is 3.47. The van der Waals surface area contributed by atoms with Crippen LogP contribution < -0.4 is 10.0 Å². The van der Waals surface area contributed by atoms with Crippen LogP contribution in [0.2, 0.25) is 0 Å². The zero-order chi connectivity index (χ0) is 19.3. The van der Waals surface area contributed by atoms with Crippen molar-refractivity contribution in [3.63, 3.8) is 0 Å². The SMILES string of the molecule is Cc1cc(C)c(S(=O)(=O)NC(C)C(=O)NCCc2ccccc2)c(C)c1. The molecule has 0 bridgehead atoms. The molecule has 5 nitrogen and oxygen atoms in total. The van der Waals surface area contributed by atoms with Gasteiger partial charge in [-0.2, -0.15) is 4.72 Å². The maximum Gasteiger partial charge on any atom is 0.241 e. The second kappa shape index (κ2) is 8.47. The van der Waals surface area contributed by atoms with Gasteiger partial charge in [0.2, 0.25) is 15.9 Å². The molecule has 2 rings (SSSR count). The monoisotopic (exact) mass is 374 g/mol. The number of rotatable bonds is 7. The number of aryl methyl sites for hydroxylation is 3. The van der Waals surface area contributed by atoms with Crippen molar-refractivity contribution in [2.24, 2.45) is 0 Å². The van der Waals surface area contributed by atoms with Gasteiger partial charge in [0.1, 0.15) is 0 Å². The molecule has 6 heteroatoms. The van der Waals surface area contributed by atoms with Gasteiger partial charge in [-0.1, -0.05) is 48.0 Å². The molecule has 0 aliphatic carbocycles. The van der Waals surface area contributed by atoms with Crippen molar-refractivity contribution in [2.75, 3.05) is 6.54 Å². The first-order chi connectivity index (χ1) is 12.2. The molecule has 1 atom stereocenters. The quantitative estimate of drug-likeness (QED) is 0.782. The average Bonchev–Trinajstić information content (AvgIpc) is 2.53. The van der Waals surface area contributed by atoms with Gasteiger partial charge in [0.25, 0.3) is 0 Å². The molecule has 1 unspecified atom stereocenters. The number of benzene rings is 2. The Labute approximate surface area is 155 Å². The van der Waals surface area contributed by atoms with Crippen molar-refractivity contribution in [1.29, 1.82) is 0 Å². The molecule has 0 spiro atoms. The fourth-order valence-electron chi connectivity index (χ4n) is 3.06. The second-order valence-electron chi connectivity index (χ2n) is 6.60. The molecule has 0 radical (unpaired) electrons. The lowest BCUT2D eigenvalue weighted by molar-refractivity contribution is -0.122. The highest BCUT2D eigenvalue weighted by Crippen LogP contribution is 2.21. The van der Waals surface area contributed by atoms with Crippen LogP contribution in [-0.4, -0.2) is 26.9 Å². The van der Waals surface area contributed by atoms with Crippen molar-refractivity contribution < 1.29 is 13.2 Å². The summed E-state index contributed by atoms with van der Waals surface area (Å²) in [5.74, 6) is -0.341. The van der Waals surface area contributed by atoms with Gasteiger partial charge >= 0.3 is 0 Å². The number of sulfonamides is 1. The molecule has 0 saturated heterocycles. The molecule has 0 aliphatic rings. The molecule has 0 aromatic heterocycles. The average molecular weight is 375 g/mol. The first-order valence-corrected chi connectivity index (χ1v) is 10.1. The molecular formula is C20H26N2O3S. The Morgan fingerprint density at radius 2 is 1.62 bits per heavy atom. The number of amides is 1. The lowest BCUT2D eigenvalue weighted by atomic mass is 10.1. The summed E-state index contributed by atoms with van der Waals surface area (Å²) in [5, 5.41) is 2.78. The Morgan fingerprint density at radius 3 is 2.19 bits per heavy atom. The van der Waals surface area contributed by atoms with Crippen molar-refractivity contribution in [3.05, 3.63) is 64.7 Å². The van der Waals surface area contributed by atoms with Crippen molar-refractivity contribution in [1.82, 2.24) is 10.0 Å². The summed E-state index contributed by atoms with van der Waals surface area (Å²) >= 11 is 0. The first-order valence-electron chi connectivity index (χ1n) is 8.62. The summed E-state index contributed by atoms with van der Waals surface area (Å²) in [6.07, 6.45) is 0.697. The van der Waals surface area contributed by atoms with Gasteiger partial charge in [-0.05, 0) is 50.8 Å². The highest BCUT2D eigenvalue weighted by Gasteiger charge is 2.25. The summed E-state index contributed by atoms with van der Waals surface area (Å²) in [7, 11) is -3.77. The maximum atomic E-state index is 12.7. The molecule has 2 aromatic rings. The minimum Gasteiger partial charge on any atom is -0.354 e. The van der Waals surface area contributed by atoms with Gasteiger partial charge in [-0.15, -0.1) is 0 Å². The number of carbonyl (C=O) groups excluding carboxylic acids is 1. The van der Waals surface area contributed by atoms with Crippen LogP contribution in [0.15, 0.2) is 47.4 Å². The number of hydrogen-bond donors (Lipinski definition) is 2. The van der Waals surface area contributed by atoms with Crippen LogP contribution in [0.4, 0.5) is 0 Å². The largest absolute Gasteiger partial charge is 0.354 e. The Kier molecular flexibility index (Phi) is 6.56. The zero-order valence-corrected chi connectivity index (χ0v) is 16.5. The minimum absolute atomic E-state index is 0.243. The van der Waals surface area contributed by atoms with Gasteiger partial charge in [0.15, 0.2) is 0 Å². The van der Waals surface area contributed by atoms with E-state index < -0.39 is 16.1 Å². The topological polar surface area (TPSA) is 75.3 Å². The van der Waals surface area contributed by atoms with E-state index in [2.05, 4.69) is 10.0 Å². The van der Waals surface area contributed by atoms with E-state index in [1.54, 1.807) is 20.8 Å². The molecule has 2 aromatic carbocycles. The van der Waals surface area contributed by atoms with Gasteiger partial charge in [-0.25, -0.2) is 8.42 Å². The van der Waals surface area contributed by atoms with Crippen LogP contribution in [0.1, 0.15) is 29.2 Å². The Balaban J connectivity index is 1.99. The van der Waals surface area contributed by atoms with Crippen LogP contribution in [-0.2, 0) is 21.2 Å². The summed E-state index contributed by atoms with van der Waals surface area (Å²) in [6, 6.07) is 12.6. The van der Waals surface area contributed by atoms with E-state index in [4.69, 9.17) is 0 Å². The fourth-order valence-corrected chi connectivity index (χ4v) is 4.72. The smallest absolute Gasteiger partial charge is 0.241 e. The number of nitrogens with one attached hydrogen (secondary N) is 2. The third-order valence-electron chi connectivity index (χ3n) is 4.15. The molecule has 0 heterocycles. The van der Waals surface area contributed by atoms with E-state index in [1.165, 1.54) is 0 Å². The number of carbonyl (C=O) groups is 1. The normalized spacial score (nSPS) is 12.6. The van der Waals surface area contributed by atoms with Gasteiger partial charge in [0, 0.05) is 6.54 Å². The summed E-state index contributed by atoms with van der Waals surface area (Å²) in [4.78, 5) is 12.5. The lowest BCUT2D eigenvalue weighted by Crippen LogP contribution is -2.45. The van der Waals surface area contributed by atoms with Crippen LogP contribution in [0.3, 0.4) is 0 Å². The van der Waals surface area contributed by atoms with E-state index >= 15 is 0 Å². The van der Waals surface area contributed by atoms with E-state index in [0.29, 0.717) is 24.1 Å². The van der Waals surface area contributed by atoms with E-state index in [9.17, 15) is 13.2 Å². The third-order valence-corrected chi connectivity index (χ3v) is 6.00. The standard InChI is InChI=1S/C20H26N2O3S/c1-14-12-15(2)19(16(3)13-14)26(24,25)22-17(4)20(23)21-11-10-18-8-6-5-7-9-18/h5-9,12-13,17,22H,10-11H2,1-4H3,(H,21,23). The molecule has 0 aliphatic heterocycles. The summed E-state index contributed by atoms with van der Waals surface area (Å²) in [6.45, 7) is 7.46. The van der Waals surface area contributed by atoms with Crippen molar-refractivity contribution in [2.45, 2.75) is 45.1 Å². The molecule has 2 N–H and O–H groups in total.